The van der Waals surface area contributed by atoms with Gasteiger partial charge in [0.05, 0.1) is 5.69 Å². The number of nitrogens with two attached hydrogens (primary N) is 1. The molecule has 0 atom stereocenters. The molecule has 4 heteroatoms. The van der Waals surface area contributed by atoms with Crippen LogP contribution in [0.3, 0.4) is 0 Å². The van der Waals surface area contributed by atoms with E-state index in [4.69, 9.17) is 5.73 Å². The van der Waals surface area contributed by atoms with Crippen molar-refractivity contribution in [1.82, 2.24) is 4.98 Å². The lowest BCUT2D eigenvalue weighted by Gasteiger charge is -2.14. The van der Waals surface area contributed by atoms with Gasteiger partial charge in [-0.3, -0.25) is 4.79 Å². The van der Waals surface area contributed by atoms with Crippen LogP contribution < -0.4 is 5.73 Å². The van der Waals surface area contributed by atoms with E-state index in [0.717, 1.165) is 16.3 Å². The highest BCUT2D eigenvalue weighted by Crippen LogP contribution is 2.29. The van der Waals surface area contributed by atoms with Gasteiger partial charge in [-0.25, -0.2) is 4.98 Å². The minimum absolute atomic E-state index is 0.0575. The molecule has 0 bridgehead atoms. The van der Waals surface area contributed by atoms with Crippen LogP contribution in [0.15, 0.2) is 29.6 Å². The van der Waals surface area contributed by atoms with Crippen LogP contribution in [0.5, 0.6) is 0 Å². The summed E-state index contributed by atoms with van der Waals surface area (Å²) in [5.74, 6) is -0.406. The molecular weight excluding hydrogens is 244 g/mol. The second kappa shape index (κ2) is 4.53. The number of carbonyl (C=O) groups excluding carboxylic acids is 1. The maximum Gasteiger partial charge on any atom is 0.248 e. The van der Waals surface area contributed by atoms with Crippen LogP contribution in [-0.2, 0) is 5.41 Å². The molecule has 0 aliphatic heterocycles. The van der Waals surface area contributed by atoms with Crippen molar-refractivity contribution in [2.45, 2.75) is 26.2 Å². The first-order chi connectivity index (χ1) is 8.38. The molecule has 2 rings (SSSR count). The second-order valence-electron chi connectivity index (χ2n) is 5.23. The number of aromatic nitrogens is 1. The normalized spacial score (nSPS) is 11.5. The monoisotopic (exact) mass is 260 g/mol. The summed E-state index contributed by atoms with van der Waals surface area (Å²) in [6, 6.07) is 7.22. The Bertz CT molecular complexity index is 564. The largest absolute Gasteiger partial charge is 0.366 e. The molecule has 18 heavy (non-hydrogen) atoms. The number of benzene rings is 1. The zero-order valence-corrected chi connectivity index (χ0v) is 11.5. The number of nitrogens with zero attached hydrogens (tertiary/aromatic N) is 1. The number of rotatable bonds is 2. The van der Waals surface area contributed by atoms with Crippen LogP contribution in [-0.4, -0.2) is 10.9 Å². The molecule has 0 saturated carbocycles. The van der Waals surface area contributed by atoms with E-state index in [-0.39, 0.29) is 5.41 Å². The van der Waals surface area contributed by atoms with Gasteiger partial charge in [0.15, 0.2) is 0 Å². The second-order valence-corrected chi connectivity index (χ2v) is 6.09. The van der Waals surface area contributed by atoms with Crippen LogP contribution in [0.25, 0.3) is 10.6 Å². The van der Waals surface area contributed by atoms with E-state index >= 15 is 0 Å². The standard InChI is InChI=1S/C14H16N2OS/c1-14(2,3)11-8-18-13(16-11)10-6-4-9(5-7-10)12(15)17/h4-8H,1-3H3,(H2,15,17). The van der Waals surface area contributed by atoms with E-state index in [0.29, 0.717) is 5.56 Å². The Hall–Kier alpha value is -1.68. The molecule has 0 radical (unpaired) electrons. The first kappa shape index (κ1) is 12.8. The molecule has 94 valence electrons. The third-order valence-electron chi connectivity index (χ3n) is 2.69. The minimum atomic E-state index is -0.406. The third kappa shape index (κ3) is 2.59. The first-order valence-corrected chi connectivity index (χ1v) is 6.62. The maximum atomic E-state index is 11.0. The molecule has 1 aromatic carbocycles. The Morgan fingerprint density at radius 2 is 1.83 bits per heavy atom. The van der Waals surface area contributed by atoms with E-state index in [1.165, 1.54) is 0 Å². The molecule has 2 aromatic rings. The average molecular weight is 260 g/mol. The Morgan fingerprint density at radius 1 is 1.22 bits per heavy atom. The van der Waals surface area contributed by atoms with Crippen molar-refractivity contribution in [2.24, 2.45) is 5.73 Å². The van der Waals surface area contributed by atoms with Crippen molar-refractivity contribution in [3.8, 4) is 10.6 Å². The Kier molecular flexibility index (Phi) is 3.22. The lowest BCUT2D eigenvalue weighted by atomic mass is 9.93. The average Bonchev–Trinajstić information content (AvgIpc) is 2.78. The number of carbonyl (C=O) groups is 1. The third-order valence-corrected chi connectivity index (χ3v) is 3.58. The SMILES string of the molecule is CC(C)(C)c1csc(-c2ccc(C(N)=O)cc2)n1. The van der Waals surface area contributed by atoms with E-state index in [1.807, 2.05) is 12.1 Å². The van der Waals surface area contributed by atoms with E-state index in [1.54, 1.807) is 23.5 Å². The highest BCUT2D eigenvalue weighted by Gasteiger charge is 2.17. The Morgan fingerprint density at radius 3 is 2.28 bits per heavy atom. The quantitative estimate of drug-likeness (QED) is 0.901. The van der Waals surface area contributed by atoms with E-state index in [9.17, 15) is 4.79 Å². The first-order valence-electron chi connectivity index (χ1n) is 5.74. The van der Waals surface area contributed by atoms with Crippen LogP contribution >= 0.6 is 11.3 Å². The molecule has 1 heterocycles. The van der Waals surface area contributed by atoms with Gasteiger partial charge in [-0.05, 0) is 12.1 Å². The molecule has 1 aromatic heterocycles. The number of thiazole rings is 1. The number of hydrogen-bond acceptors (Lipinski definition) is 3. The van der Waals surface area contributed by atoms with Crippen molar-refractivity contribution in [3.05, 3.63) is 40.9 Å². The van der Waals surface area contributed by atoms with Gasteiger partial charge in [-0.1, -0.05) is 32.9 Å². The van der Waals surface area contributed by atoms with Gasteiger partial charge in [0.1, 0.15) is 5.01 Å². The van der Waals surface area contributed by atoms with Gasteiger partial charge < -0.3 is 5.73 Å². The lowest BCUT2D eigenvalue weighted by Crippen LogP contribution is -2.11. The highest BCUT2D eigenvalue weighted by molar-refractivity contribution is 7.13. The van der Waals surface area contributed by atoms with Crippen molar-refractivity contribution >= 4 is 17.2 Å². The predicted molar refractivity (Wildman–Crippen MR) is 74.8 cm³/mol. The smallest absolute Gasteiger partial charge is 0.248 e. The van der Waals surface area contributed by atoms with Crippen LogP contribution in [0, 0.1) is 0 Å². The summed E-state index contributed by atoms with van der Waals surface area (Å²) in [6.45, 7) is 6.42. The Balaban J connectivity index is 2.32. The van der Waals surface area contributed by atoms with Gasteiger partial charge in [0.25, 0.3) is 0 Å². The molecule has 1 amide bonds. The summed E-state index contributed by atoms with van der Waals surface area (Å²) in [4.78, 5) is 15.6. The van der Waals surface area contributed by atoms with Crippen molar-refractivity contribution < 1.29 is 4.79 Å². The van der Waals surface area contributed by atoms with Gasteiger partial charge >= 0.3 is 0 Å². The fourth-order valence-electron chi connectivity index (χ4n) is 1.53. The maximum absolute atomic E-state index is 11.0. The summed E-state index contributed by atoms with van der Waals surface area (Å²) in [6.07, 6.45) is 0. The van der Waals surface area contributed by atoms with Gasteiger partial charge in [0, 0.05) is 21.9 Å². The predicted octanol–water partition coefficient (Wildman–Crippen LogP) is 3.21. The number of primary amides is 1. The van der Waals surface area contributed by atoms with Crippen molar-refractivity contribution in [2.75, 3.05) is 0 Å². The van der Waals surface area contributed by atoms with Crippen molar-refractivity contribution in [1.29, 1.82) is 0 Å². The summed E-state index contributed by atoms with van der Waals surface area (Å²) in [7, 11) is 0. The molecule has 0 fully saturated rings. The minimum Gasteiger partial charge on any atom is -0.366 e. The fraction of sp³-hybridized carbons (Fsp3) is 0.286. The van der Waals surface area contributed by atoms with Gasteiger partial charge in [-0.15, -0.1) is 11.3 Å². The molecular formula is C14H16N2OS. The summed E-state index contributed by atoms with van der Waals surface area (Å²) in [5.41, 5.74) is 7.89. The molecule has 0 unspecified atom stereocenters. The van der Waals surface area contributed by atoms with Crippen molar-refractivity contribution in [3.63, 3.8) is 0 Å². The zero-order valence-electron chi connectivity index (χ0n) is 10.7. The summed E-state index contributed by atoms with van der Waals surface area (Å²) < 4.78 is 0. The lowest BCUT2D eigenvalue weighted by molar-refractivity contribution is 0.100. The van der Waals surface area contributed by atoms with Crippen LogP contribution in [0.2, 0.25) is 0 Å². The van der Waals surface area contributed by atoms with E-state index < -0.39 is 5.91 Å². The summed E-state index contributed by atoms with van der Waals surface area (Å²) >= 11 is 1.62. The highest BCUT2D eigenvalue weighted by atomic mass is 32.1. The molecule has 3 nitrogen and oxygen atoms in total. The molecule has 2 N–H and O–H groups in total. The molecule has 0 aliphatic carbocycles. The molecule has 0 spiro atoms. The fourth-order valence-corrected chi connectivity index (χ4v) is 2.58. The van der Waals surface area contributed by atoms with Gasteiger partial charge in [0.2, 0.25) is 5.91 Å². The zero-order chi connectivity index (χ0) is 13.3. The van der Waals surface area contributed by atoms with Crippen LogP contribution in [0.1, 0.15) is 36.8 Å². The number of hydrogen-bond donors (Lipinski definition) is 1. The van der Waals surface area contributed by atoms with Gasteiger partial charge in [-0.2, -0.15) is 0 Å². The molecule has 0 aliphatic rings. The Labute approximate surface area is 111 Å². The van der Waals surface area contributed by atoms with Crippen LogP contribution in [0.4, 0.5) is 0 Å². The summed E-state index contributed by atoms with van der Waals surface area (Å²) in [5, 5.41) is 3.05. The molecule has 0 saturated heterocycles. The number of amides is 1. The van der Waals surface area contributed by atoms with E-state index in [2.05, 4.69) is 31.1 Å². The topological polar surface area (TPSA) is 56.0 Å².